The Hall–Kier alpha value is -1.93. The smallest absolute Gasteiger partial charge is 0.268 e. The fourth-order valence-electron chi connectivity index (χ4n) is 3.69. The molecule has 0 aromatic carbocycles. The monoisotopic (exact) mass is 377 g/mol. The number of carbonyl (C=O) groups excluding carboxylic acids is 1. The van der Waals surface area contributed by atoms with Crippen LogP contribution in [0.4, 0.5) is 5.69 Å². The number of hydrogen-bond acceptors (Lipinski definition) is 6. The number of likely N-dealkylation sites (tertiary alicyclic amines) is 1. The van der Waals surface area contributed by atoms with E-state index in [9.17, 15) is 9.59 Å². The topological polar surface area (TPSA) is 79.7 Å². The van der Waals surface area contributed by atoms with Crippen molar-refractivity contribution in [3.05, 3.63) is 22.6 Å². The van der Waals surface area contributed by atoms with Crippen molar-refractivity contribution in [2.45, 2.75) is 38.2 Å². The van der Waals surface area contributed by atoms with Crippen molar-refractivity contribution in [2.75, 3.05) is 50.8 Å². The summed E-state index contributed by atoms with van der Waals surface area (Å²) in [6, 6.07) is 1.61. The zero-order valence-corrected chi connectivity index (χ0v) is 16.2. The van der Waals surface area contributed by atoms with E-state index in [1.54, 1.807) is 19.3 Å². The molecule has 2 saturated heterocycles. The van der Waals surface area contributed by atoms with Crippen molar-refractivity contribution < 1.29 is 9.53 Å². The molecule has 2 aliphatic rings. The van der Waals surface area contributed by atoms with E-state index >= 15 is 0 Å². The fourth-order valence-corrected chi connectivity index (χ4v) is 3.69. The van der Waals surface area contributed by atoms with E-state index in [2.05, 4.69) is 20.2 Å². The van der Waals surface area contributed by atoms with Crippen LogP contribution in [-0.4, -0.2) is 72.6 Å². The van der Waals surface area contributed by atoms with Gasteiger partial charge in [0, 0.05) is 32.7 Å². The lowest BCUT2D eigenvalue weighted by Crippen LogP contribution is -2.45. The molecule has 1 atom stereocenters. The van der Waals surface area contributed by atoms with Crippen molar-refractivity contribution in [2.24, 2.45) is 7.05 Å². The molecule has 27 heavy (non-hydrogen) atoms. The number of morpholine rings is 1. The first-order valence-electron chi connectivity index (χ1n) is 10.0. The maximum atomic E-state index is 12.2. The molecule has 1 unspecified atom stereocenters. The number of aromatic nitrogens is 2. The first kappa shape index (κ1) is 19.8. The first-order valence-corrected chi connectivity index (χ1v) is 10.0. The fraction of sp³-hybridized carbons (Fsp3) is 0.737. The summed E-state index contributed by atoms with van der Waals surface area (Å²) in [5, 5.41) is 7.11. The Morgan fingerprint density at radius 2 is 2.04 bits per heavy atom. The molecule has 0 aliphatic carbocycles. The number of rotatable bonds is 6. The van der Waals surface area contributed by atoms with Gasteiger partial charge in [0.15, 0.2) is 0 Å². The lowest BCUT2D eigenvalue weighted by molar-refractivity contribution is -0.122. The summed E-state index contributed by atoms with van der Waals surface area (Å²) >= 11 is 0. The maximum absolute atomic E-state index is 12.2. The molecule has 8 heteroatoms. The Morgan fingerprint density at radius 1 is 1.26 bits per heavy atom. The molecule has 1 amide bonds. The number of carbonyl (C=O) groups is 1. The average molecular weight is 377 g/mol. The van der Waals surface area contributed by atoms with Crippen LogP contribution < -0.4 is 15.8 Å². The van der Waals surface area contributed by atoms with Gasteiger partial charge in [-0.15, -0.1) is 0 Å². The van der Waals surface area contributed by atoms with Gasteiger partial charge in [0.05, 0.1) is 31.1 Å². The summed E-state index contributed by atoms with van der Waals surface area (Å²) < 4.78 is 7.15. The Morgan fingerprint density at radius 3 is 2.78 bits per heavy atom. The predicted molar refractivity (Wildman–Crippen MR) is 104 cm³/mol. The van der Waals surface area contributed by atoms with Crippen molar-refractivity contribution >= 4 is 11.6 Å². The van der Waals surface area contributed by atoms with E-state index in [1.165, 1.54) is 30.4 Å². The van der Waals surface area contributed by atoms with Gasteiger partial charge in [0.1, 0.15) is 0 Å². The summed E-state index contributed by atoms with van der Waals surface area (Å²) in [6.07, 6.45) is 7.45. The summed E-state index contributed by atoms with van der Waals surface area (Å²) in [4.78, 5) is 28.3. The number of nitrogens with zero attached hydrogens (tertiary/aromatic N) is 4. The van der Waals surface area contributed by atoms with Gasteiger partial charge < -0.3 is 15.0 Å². The Bertz CT molecular complexity index is 670. The quantitative estimate of drug-likeness (QED) is 0.772. The molecular formula is C19H31N5O3. The van der Waals surface area contributed by atoms with Crippen LogP contribution in [0.1, 0.15) is 32.1 Å². The number of anilines is 1. The second-order valence-electron chi connectivity index (χ2n) is 7.44. The third-order valence-electron chi connectivity index (χ3n) is 5.31. The van der Waals surface area contributed by atoms with Gasteiger partial charge in [-0.3, -0.25) is 14.5 Å². The molecule has 8 nitrogen and oxygen atoms in total. The Labute approximate surface area is 160 Å². The van der Waals surface area contributed by atoms with Crippen LogP contribution in [0.15, 0.2) is 17.1 Å². The summed E-state index contributed by atoms with van der Waals surface area (Å²) in [7, 11) is 1.64. The van der Waals surface area contributed by atoms with Crippen molar-refractivity contribution in [1.29, 1.82) is 0 Å². The molecule has 3 rings (SSSR count). The van der Waals surface area contributed by atoms with E-state index in [-0.39, 0.29) is 17.6 Å². The maximum Gasteiger partial charge on any atom is 0.268 e. The molecule has 0 bridgehead atoms. The molecule has 0 radical (unpaired) electrons. The molecule has 2 aliphatic heterocycles. The van der Waals surface area contributed by atoms with Gasteiger partial charge in [0.25, 0.3) is 5.56 Å². The largest absolute Gasteiger partial charge is 0.374 e. The van der Waals surface area contributed by atoms with Gasteiger partial charge in [-0.25, -0.2) is 4.68 Å². The van der Waals surface area contributed by atoms with Crippen LogP contribution in [0.2, 0.25) is 0 Å². The minimum absolute atomic E-state index is 0.0429. The molecule has 150 valence electrons. The lowest BCUT2D eigenvalue weighted by atomic mass is 10.2. The molecule has 1 aromatic heterocycles. The van der Waals surface area contributed by atoms with Crippen molar-refractivity contribution in [1.82, 2.24) is 20.0 Å². The van der Waals surface area contributed by atoms with Gasteiger partial charge >= 0.3 is 0 Å². The van der Waals surface area contributed by atoms with Gasteiger partial charge in [-0.2, -0.15) is 5.10 Å². The number of aryl methyl sites for hydroxylation is 1. The van der Waals surface area contributed by atoms with E-state index in [1.807, 2.05) is 0 Å². The number of ether oxygens (including phenoxy) is 1. The highest BCUT2D eigenvalue weighted by Gasteiger charge is 2.21. The van der Waals surface area contributed by atoms with E-state index < -0.39 is 0 Å². The molecule has 0 saturated carbocycles. The highest BCUT2D eigenvalue weighted by molar-refractivity contribution is 5.77. The van der Waals surface area contributed by atoms with Crippen molar-refractivity contribution in [3.63, 3.8) is 0 Å². The number of hydrogen-bond donors (Lipinski definition) is 1. The normalized spacial score (nSPS) is 21.7. The Balaban J connectivity index is 1.40. The van der Waals surface area contributed by atoms with Gasteiger partial charge in [-0.1, -0.05) is 12.8 Å². The number of amides is 1. The van der Waals surface area contributed by atoms with Crippen LogP contribution in [0.3, 0.4) is 0 Å². The SMILES string of the molecule is Cn1ncc(N2CCOC(CCNC(=O)CN3CCCCCC3)C2)cc1=O. The average Bonchev–Trinajstić information content (AvgIpc) is 2.93. The third kappa shape index (κ3) is 6.04. The van der Waals surface area contributed by atoms with Gasteiger partial charge in [-0.05, 0) is 32.4 Å². The van der Waals surface area contributed by atoms with Crippen LogP contribution in [0, 0.1) is 0 Å². The van der Waals surface area contributed by atoms with Crippen LogP contribution >= 0.6 is 0 Å². The lowest BCUT2D eigenvalue weighted by Gasteiger charge is -2.34. The van der Waals surface area contributed by atoms with Gasteiger partial charge in [0.2, 0.25) is 5.91 Å². The first-order chi connectivity index (χ1) is 13.1. The van der Waals surface area contributed by atoms with Crippen LogP contribution in [0.25, 0.3) is 0 Å². The summed E-state index contributed by atoms with van der Waals surface area (Å²) in [5.74, 6) is 0.0975. The highest BCUT2D eigenvalue weighted by Crippen LogP contribution is 2.16. The van der Waals surface area contributed by atoms with E-state index in [0.29, 0.717) is 26.2 Å². The standard InChI is InChI=1S/C19H31N5O3/c1-22-19(26)12-16(13-21-22)24-10-11-27-17(14-24)6-7-20-18(25)15-23-8-4-2-3-5-9-23/h12-13,17H,2-11,14-15H2,1H3,(H,20,25). The Kier molecular flexibility index (Phi) is 7.23. The summed E-state index contributed by atoms with van der Waals surface area (Å²) in [5.41, 5.74) is 0.716. The van der Waals surface area contributed by atoms with Crippen molar-refractivity contribution in [3.8, 4) is 0 Å². The zero-order chi connectivity index (χ0) is 19.1. The molecular weight excluding hydrogens is 346 g/mol. The zero-order valence-electron chi connectivity index (χ0n) is 16.2. The molecule has 1 N–H and O–H groups in total. The predicted octanol–water partition coefficient (Wildman–Crippen LogP) is 0.368. The third-order valence-corrected chi connectivity index (χ3v) is 5.31. The minimum Gasteiger partial charge on any atom is -0.374 e. The van der Waals surface area contributed by atoms with Crippen LogP contribution in [0.5, 0.6) is 0 Å². The van der Waals surface area contributed by atoms with E-state index in [0.717, 1.165) is 31.7 Å². The summed E-state index contributed by atoms with van der Waals surface area (Å²) in [6.45, 7) is 5.22. The molecule has 2 fully saturated rings. The minimum atomic E-state index is -0.115. The second-order valence-corrected chi connectivity index (χ2v) is 7.44. The highest BCUT2D eigenvalue weighted by atomic mass is 16.5. The number of nitrogens with one attached hydrogen (secondary N) is 1. The second kappa shape index (κ2) is 9.85. The van der Waals surface area contributed by atoms with Crippen LogP contribution in [-0.2, 0) is 16.6 Å². The van der Waals surface area contributed by atoms with E-state index in [4.69, 9.17) is 4.74 Å². The molecule has 3 heterocycles. The molecule has 1 aromatic rings. The molecule has 0 spiro atoms.